The molecule has 0 saturated heterocycles. The van der Waals surface area contributed by atoms with Gasteiger partial charge in [-0.2, -0.15) is 0 Å². The van der Waals surface area contributed by atoms with Crippen molar-refractivity contribution in [2.75, 3.05) is 25.1 Å². The topological polar surface area (TPSA) is 82.1 Å². The Bertz CT molecular complexity index is 1390. The molecule has 0 amide bonds. The fraction of sp³-hybridized carbons (Fsp3) is 0.222. The molecule has 0 aromatic heterocycles. The van der Waals surface area contributed by atoms with Crippen molar-refractivity contribution in [1.29, 1.82) is 0 Å². The smallest absolute Gasteiger partial charge is 0.336 e. The lowest BCUT2D eigenvalue weighted by molar-refractivity contribution is -0.129. The Morgan fingerprint density at radius 3 is 2.34 bits per heavy atom. The number of esters is 1. The lowest BCUT2D eigenvalue weighted by Gasteiger charge is -2.22. The van der Waals surface area contributed by atoms with E-state index in [0.717, 1.165) is 16.7 Å². The molecule has 0 aliphatic carbocycles. The van der Waals surface area contributed by atoms with Gasteiger partial charge in [-0.3, -0.25) is 4.31 Å². The number of methoxy groups -OCH3 is 2. The van der Waals surface area contributed by atoms with Gasteiger partial charge in [0, 0.05) is 12.6 Å². The van der Waals surface area contributed by atoms with Crippen LogP contribution >= 0.6 is 0 Å². The molecule has 0 unspecified atom stereocenters. The summed E-state index contributed by atoms with van der Waals surface area (Å²) in [6.07, 6.45) is 3.38. The van der Waals surface area contributed by atoms with Crippen LogP contribution in [0, 0.1) is 13.8 Å². The first-order chi connectivity index (χ1) is 16.8. The van der Waals surface area contributed by atoms with Crippen molar-refractivity contribution in [2.45, 2.75) is 25.2 Å². The van der Waals surface area contributed by atoms with E-state index in [9.17, 15) is 13.2 Å². The van der Waals surface area contributed by atoms with E-state index in [0.29, 0.717) is 30.0 Å². The van der Waals surface area contributed by atoms with Crippen LogP contribution < -0.4 is 18.5 Å². The SMILES string of the molecule is COc1cc(C=CC(=O)Oc2c(C)cccc2C)cc(S(=O)(=O)N2CCc3ccccc32)c1OC. The van der Waals surface area contributed by atoms with E-state index in [1.165, 1.54) is 36.7 Å². The molecule has 0 bridgehead atoms. The van der Waals surface area contributed by atoms with Crippen LogP contribution in [0.2, 0.25) is 0 Å². The molecule has 1 aliphatic rings. The lowest BCUT2D eigenvalue weighted by Crippen LogP contribution is -2.29. The predicted molar refractivity (Wildman–Crippen MR) is 135 cm³/mol. The highest BCUT2D eigenvalue weighted by molar-refractivity contribution is 7.93. The first kappa shape index (κ1) is 24.3. The van der Waals surface area contributed by atoms with E-state index in [-0.39, 0.29) is 16.4 Å². The molecule has 0 atom stereocenters. The van der Waals surface area contributed by atoms with Gasteiger partial charge in [0.2, 0.25) is 0 Å². The second kappa shape index (κ2) is 9.84. The van der Waals surface area contributed by atoms with Crippen molar-refractivity contribution < 1.29 is 27.4 Å². The van der Waals surface area contributed by atoms with E-state index in [1.807, 2.05) is 50.2 Å². The fourth-order valence-corrected chi connectivity index (χ4v) is 5.88. The zero-order chi connectivity index (χ0) is 25.2. The number of aryl methyl sites for hydroxylation is 2. The van der Waals surface area contributed by atoms with Gasteiger partial charge in [-0.05, 0) is 66.8 Å². The van der Waals surface area contributed by atoms with E-state index in [1.54, 1.807) is 12.1 Å². The Kier molecular flexibility index (Phi) is 6.84. The van der Waals surface area contributed by atoms with Crippen molar-refractivity contribution in [3.8, 4) is 17.2 Å². The van der Waals surface area contributed by atoms with E-state index < -0.39 is 16.0 Å². The zero-order valence-electron chi connectivity index (χ0n) is 20.1. The quantitative estimate of drug-likeness (QED) is 0.270. The molecular formula is C27H27NO6S. The van der Waals surface area contributed by atoms with E-state index in [2.05, 4.69) is 0 Å². The largest absolute Gasteiger partial charge is 0.493 e. The highest BCUT2D eigenvalue weighted by atomic mass is 32.2. The van der Waals surface area contributed by atoms with Gasteiger partial charge < -0.3 is 14.2 Å². The fourth-order valence-electron chi connectivity index (χ4n) is 4.17. The van der Waals surface area contributed by atoms with Crippen LogP contribution in [-0.4, -0.2) is 35.2 Å². The molecule has 1 heterocycles. The van der Waals surface area contributed by atoms with Crippen molar-refractivity contribution in [3.63, 3.8) is 0 Å². The van der Waals surface area contributed by atoms with E-state index >= 15 is 0 Å². The van der Waals surface area contributed by atoms with Gasteiger partial charge in [-0.15, -0.1) is 0 Å². The molecule has 1 aliphatic heterocycles. The summed E-state index contributed by atoms with van der Waals surface area (Å²) in [4.78, 5) is 12.5. The van der Waals surface area contributed by atoms with Crippen molar-refractivity contribution in [2.24, 2.45) is 0 Å². The summed E-state index contributed by atoms with van der Waals surface area (Å²) in [6.45, 7) is 4.05. The maximum atomic E-state index is 13.7. The molecule has 0 fully saturated rings. The number of carbonyl (C=O) groups excluding carboxylic acids is 1. The Hall–Kier alpha value is -3.78. The first-order valence-corrected chi connectivity index (χ1v) is 12.5. The van der Waals surface area contributed by atoms with Gasteiger partial charge in [0.15, 0.2) is 11.5 Å². The summed E-state index contributed by atoms with van der Waals surface area (Å²) in [6, 6.07) is 16.1. The van der Waals surface area contributed by atoms with Crippen LogP contribution in [0.15, 0.2) is 65.6 Å². The lowest BCUT2D eigenvalue weighted by atomic mass is 10.1. The second-order valence-electron chi connectivity index (χ2n) is 8.19. The second-order valence-corrected chi connectivity index (χ2v) is 10.0. The molecule has 182 valence electrons. The molecule has 8 heteroatoms. The molecule has 4 rings (SSSR count). The third kappa shape index (κ3) is 4.74. The highest BCUT2D eigenvalue weighted by Gasteiger charge is 2.34. The number of ether oxygens (including phenoxy) is 3. The number of rotatable bonds is 7. The van der Waals surface area contributed by atoms with Gasteiger partial charge >= 0.3 is 5.97 Å². The van der Waals surface area contributed by atoms with Crippen LogP contribution in [0.4, 0.5) is 5.69 Å². The Morgan fingerprint density at radius 1 is 0.943 bits per heavy atom. The standard InChI is InChI=1S/C27H27NO6S/c1-18-8-7-9-19(2)26(18)34-25(29)13-12-20-16-23(32-3)27(33-4)24(17-20)35(30,31)28-15-14-21-10-5-6-11-22(21)28/h5-13,16-17H,14-15H2,1-4H3. The molecule has 3 aromatic carbocycles. The van der Waals surface area contributed by atoms with Crippen LogP contribution in [0.1, 0.15) is 22.3 Å². The summed E-state index contributed by atoms with van der Waals surface area (Å²) < 4.78 is 45.2. The molecule has 7 nitrogen and oxygen atoms in total. The third-order valence-corrected chi connectivity index (χ3v) is 7.72. The third-order valence-electron chi connectivity index (χ3n) is 5.90. The first-order valence-electron chi connectivity index (χ1n) is 11.1. The molecule has 0 N–H and O–H groups in total. The Labute approximate surface area is 205 Å². The van der Waals surface area contributed by atoms with Crippen LogP contribution in [0.25, 0.3) is 6.08 Å². The Morgan fingerprint density at radius 2 is 1.66 bits per heavy atom. The van der Waals surface area contributed by atoms with Gasteiger partial charge in [0.05, 0.1) is 19.9 Å². The molecule has 0 radical (unpaired) electrons. The molecule has 0 spiro atoms. The minimum Gasteiger partial charge on any atom is -0.493 e. The number of benzene rings is 3. The number of fused-ring (bicyclic) bond motifs is 1. The maximum absolute atomic E-state index is 13.7. The Balaban J connectivity index is 1.70. The monoisotopic (exact) mass is 493 g/mol. The van der Waals surface area contributed by atoms with Crippen LogP contribution in [0.5, 0.6) is 17.2 Å². The van der Waals surface area contributed by atoms with E-state index in [4.69, 9.17) is 14.2 Å². The summed E-state index contributed by atoms with van der Waals surface area (Å²) in [5.41, 5.74) is 3.75. The molecule has 0 saturated carbocycles. The summed E-state index contributed by atoms with van der Waals surface area (Å²) in [7, 11) is -1.14. The average Bonchev–Trinajstić information content (AvgIpc) is 3.29. The molecule has 3 aromatic rings. The van der Waals surface area contributed by atoms with Crippen molar-refractivity contribution >= 4 is 27.8 Å². The average molecular weight is 494 g/mol. The summed E-state index contributed by atoms with van der Waals surface area (Å²) >= 11 is 0. The maximum Gasteiger partial charge on any atom is 0.336 e. The van der Waals surface area contributed by atoms with Gasteiger partial charge in [-0.25, -0.2) is 13.2 Å². The summed E-state index contributed by atoms with van der Waals surface area (Å²) in [5.74, 6) is 0.274. The number of para-hydroxylation sites is 2. The predicted octanol–water partition coefficient (Wildman–Crippen LogP) is 4.69. The molecule has 35 heavy (non-hydrogen) atoms. The van der Waals surface area contributed by atoms with Crippen LogP contribution in [0.3, 0.4) is 0 Å². The van der Waals surface area contributed by atoms with Gasteiger partial charge in [0.1, 0.15) is 10.6 Å². The normalized spacial score (nSPS) is 13.1. The summed E-state index contributed by atoms with van der Waals surface area (Å²) in [5, 5.41) is 0. The van der Waals surface area contributed by atoms with Gasteiger partial charge in [-0.1, -0.05) is 36.4 Å². The number of hydrogen-bond donors (Lipinski definition) is 0. The number of anilines is 1. The number of carbonyl (C=O) groups is 1. The van der Waals surface area contributed by atoms with Crippen molar-refractivity contribution in [3.05, 3.63) is 82.9 Å². The molecular weight excluding hydrogens is 466 g/mol. The number of nitrogens with zero attached hydrogens (tertiary/aromatic N) is 1. The minimum absolute atomic E-state index is 0.0428. The van der Waals surface area contributed by atoms with Crippen molar-refractivity contribution in [1.82, 2.24) is 0 Å². The zero-order valence-corrected chi connectivity index (χ0v) is 20.9. The number of hydrogen-bond acceptors (Lipinski definition) is 6. The van der Waals surface area contributed by atoms with Gasteiger partial charge in [0.25, 0.3) is 10.0 Å². The van der Waals surface area contributed by atoms with Crippen LogP contribution in [-0.2, 0) is 21.2 Å². The highest BCUT2D eigenvalue weighted by Crippen LogP contribution is 2.40. The number of sulfonamides is 1. The minimum atomic E-state index is -3.97.